The quantitative estimate of drug-likeness (QED) is 0.754. The van der Waals surface area contributed by atoms with Crippen LogP contribution in [0, 0.1) is 0 Å². The number of unbranched alkanes of at least 4 members (excludes halogenated alkanes) is 3. The summed E-state index contributed by atoms with van der Waals surface area (Å²) in [6, 6.07) is 0. The van der Waals surface area contributed by atoms with Crippen molar-refractivity contribution in [3.05, 3.63) is 10.8 Å². The van der Waals surface area contributed by atoms with Crippen molar-refractivity contribution in [3.8, 4) is 0 Å². The van der Waals surface area contributed by atoms with Crippen molar-refractivity contribution in [2.75, 3.05) is 0 Å². The molecule has 1 rings (SSSR count). The normalized spacial score (nSPS) is 12.1. The molecule has 0 aliphatic rings. The molecule has 0 unspecified atom stereocenters. The van der Waals surface area contributed by atoms with E-state index in [1.807, 2.05) is 6.92 Å². The molecular weight excluding hydrogens is 243 g/mol. The lowest BCUT2D eigenvalue weighted by molar-refractivity contribution is -0.144. The third-order valence-electron chi connectivity index (χ3n) is 2.19. The average molecular weight is 256 g/mol. The van der Waals surface area contributed by atoms with Crippen LogP contribution < -0.4 is 0 Å². The summed E-state index contributed by atoms with van der Waals surface area (Å²) in [5.74, 6) is 0. The standard InChI is InChI=1S/C9H13ClF3N3/c1-2-3-4-5-6-16-7(9(11,12)13)8(10)14-15-16/h2-6H2,1H3. The van der Waals surface area contributed by atoms with E-state index in [1.165, 1.54) is 0 Å². The monoisotopic (exact) mass is 255 g/mol. The van der Waals surface area contributed by atoms with Gasteiger partial charge in [-0.1, -0.05) is 43.0 Å². The van der Waals surface area contributed by atoms with Crippen molar-refractivity contribution in [2.24, 2.45) is 0 Å². The van der Waals surface area contributed by atoms with Crippen LogP contribution in [-0.4, -0.2) is 15.0 Å². The summed E-state index contributed by atoms with van der Waals surface area (Å²) in [5, 5.41) is 6.05. The topological polar surface area (TPSA) is 30.7 Å². The molecule has 1 aromatic heterocycles. The molecule has 0 saturated heterocycles. The molecule has 16 heavy (non-hydrogen) atoms. The Labute approximate surface area is 96.6 Å². The van der Waals surface area contributed by atoms with E-state index in [0.717, 1.165) is 23.9 Å². The maximum absolute atomic E-state index is 12.5. The molecule has 1 heterocycles. The molecule has 0 aliphatic heterocycles. The summed E-state index contributed by atoms with van der Waals surface area (Å²) >= 11 is 5.36. The maximum Gasteiger partial charge on any atom is 0.436 e. The number of rotatable bonds is 5. The van der Waals surface area contributed by atoms with E-state index in [1.54, 1.807) is 0 Å². The van der Waals surface area contributed by atoms with Gasteiger partial charge in [0.05, 0.1) is 0 Å². The first-order chi connectivity index (χ1) is 7.46. The van der Waals surface area contributed by atoms with Gasteiger partial charge in [0, 0.05) is 6.54 Å². The Morgan fingerprint density at radius 1 is 1.25 bits per heavy atom. The highest BCUT2D eigenvalue weighted by molar-refractivity contribution is 6.30. The number of hydrogen-bond acceptors (Lipinski definition) is 2. The minimum Gasteiger partial charge on any atom is -0.239 e. The summed E-state index contributed by atoms with van der Waals surface area (Å²) < 4.78 is 38.4. The van der Waals surface area contributed by atoms with Gasteiger partial charge in [0.15, 0.2) is 10.8 Å². The molecule has 3 nitrogen and oxygen atoms in total. The Balaban J connectivity index is 2.66. The van der Waals surface area contributed by atoms with Crippen molar-refractivity contribution in [1.82, 2.24) is 15.0 Å². The van der Waals surface area contributed by atoms with Crippen molar-refractivity contribution in [1.29, 1.82) is 0 Å². The van der Waals surface area contributed by atoms with Crippen LogP contribution in [0.15, 0.2) is 0 Å². The largest absolute Gasteiger partial charge is 0.436 e. The van der Waals surface area contributed by atoms with Crippen LogP contribution in [0.25, 0.3) is 0 Å². The van der Waals surface area contributed by atoms with Crippen LogP contribution in [0.2, 0.25) is 5.15 Å². The van der Waals surface area contributed by atoms with Gasteiger partial charge in [-0.25, -0.2) is 4.68 Å². The van der Waals surface area contributed by atoms with Gasteiger partial charge in [0.2, 0.25) is 0 Å². The predicted molar refractivity (Wildman–Crippen MR) is 54.2 cm³/mol. The van der Waals surface area contributed by atoms with Gasteiger partial charge in [-0.05, 0) is 6.42 Å². The fourth-order valence-electron chi connectivity index (χ4n) is 1.40. The van der Waals surface area contributed by atoms with Crippen molar-refractivity contribution in [2.45, 2.75) is 45.3 Å². The Kier molecular flexibility index (Phi) is 4.58. The third kappa shape index (κ3) is 3.37. The summed E-state index contributed by atoms with van der Waals surface area (Å²) in [4.78, 5) is 0. The number of halogens is 4. The molecule has 0 aromatic carbocycles. The molecule has 0 saturated carbocycles. The minimum atomic E-state index is -4.49. The number of hydrogen-bond donors (Lipinski definition) is 0. The molecule has 0 fully saturated rings. The SMILES string of the molecule is CCCCCCn1nnc(Cl)c1C(F)(F)F. The second-order valence-electron chi connectivity index (χ2n) is 3.51. The Morgan fingerprint density at radius 3 is 2.50 bits per heavy atom. The van der Waals surface area contributed by atoms with Gasteiger partial charge in [-0.15, -0.1) is 5.10 Å². The van der Waals surface area contributed by atoms with E-state index < -0.39 is 17.0 Å². The lowest BCUT2D eigenvalue weighted by Crippen LogP contribution is -2.15. The van der Waals surface area contributed by atoms with Gasteiger partial charge in [0.1, 0.15) is 0 Å². The zero-order chi connectivity index (χ0) is 12.2. The van der Waals surface area contributed by atoms with Crippen LogP contribution in [0.5, 0.6) is 0 Å². The van der Waals surface area contributed by atoms with E-state index in [-0.39, 0.29) is 6.54 Å². The lowest BCUT2D eigenvalue weighted by atomic mass is 10.2. The fraction of sp³-hybridized carbons (Fsp3) is 0.778. The van der Waals surface area contributed by atoms with E-state index in [2.05, 4.69) is 10.3 Å². The molecule has 7 heteroatoms. The van der Waals surface area contributed by atoms with Gasteiger partial charge in [-0.3, -0.25) is 0 Å². The molecule has 0 aliphatic carbocycles. The maximum atomic E-state index is 12.5. The van der Waals surface area contributed by atoms with Crippen molar-refractivity contribution >= 4 is 11.6 Å². The number of aromatic nitrogens is 3. The lowest BCUT2D eigenvalue weighted by Gasteiger charge is -2.09. The Hall–Kier alpha value is -0.780. The predicted octanol–water partition coefficient (Wildman–Crippen LogP) is 3.53. The Morgan fingerprint density at radius 2 is 1.94 bits per heavy atom. The van der Waals surface area contributed by atoms with E-state index in [0.29, 0.717) is 6.42 Å². The number of aryl methyl sites for hydroxylation is 1. The first-order valence-corrected chi connectivity index (χ1v) is 5.50. The molecule has 0 spiro atoms. The summed E-state index contributed by atoms with van der Waals surface area (Å²) in [6.07, 6.45) is -0.929. The minimum absolute atomic E-state index is 0.203. The van der Waals surface area contributed by atoms with Crippen molar-refractivity contribution in [3.63, 3.8) is 0 Å². The molecule has 0 atom stereocenters. The van der Waals surface area contributed by atoms with E-state index in [9.17, 15) is 13.2 Å². The second kappa shape index (κ2) is 5.52. The highest BCUT2D eigenvalue weighted by Gasteiger charge is 2.38. The van der Waals surface area contributed by atoms with E-state index in [4.69, 9.17) is 11.6 Å². The van der Waals surface area contributed by atoms with Crippen LogP contribution in [-0.2, 0) is 12.7 Å². The average Bonchev–Trinajstić information content (AvgIpc) is 2.54. The van der Waals surface area contributed by atoms with Gasteiger partial charge in [-0.2, -0.15) is 13.2 Å². The molecule has 0 N–H and O–H groups in total. The van der Waals surface area contributed by atoms with Gasteiger partial charge < -0.3 is 0 Å². The smallest absolute Gasteiger partial charge is 0.239 e. The molecular formula is C9H13ClF3N3. The van der Waals surface area contributed by atoms with Crippen LogP contribution in [0.1, 0.15) is 38.3 Å². The molecule has 92 valence electrons. The first kappa shape index (κ1) is 13.3. The molecule has 0 bridgehead atoms. The van der Waals surface area contributed by atoms with Crippen LogP contribution in [0.4, 0.5) is 13.2 Å². The van der Waals surface area contributed by atoms with Crippen LogP contribution in [0.3, 0.4) is 0 Å². The van der Waals surface area contributed by atoms with Gasteiger partial charge in [0.25, 0.3) is 0 Å². The van der Waals surface area contributed by atoms with E-state index >= 15 is 0 Å². The highest BCUT2D eigenvalue weighted by atomic mass is 35.5. The summed E-state index contributed by atoms with van der Waals surface area (Å²) in [5.41, 5.74) is -0.953. The zero-order valence-corrected chi connectivity index (χ0v) is 9.64. The number of alkyl halides is 3. The zero-order valence-electron chi connectivity index (χ0n) is 8.89. The van der Waals surface area contributed by atoms with Crippen LogP contribution >= 0.6 is 11.6 Å². The summed E-state index contributed by atoms with van der Waals surface area (Å²) in [6.45, 7) is 2.24. The second-order valence-corrected chi connectivity index (χ2v) is 3.87. The molecule has 0 radical (unpaired) electrons. The third-order valence-corrected chi connectivity index (χ3v) is 2.44. The summed E-state index contributed by atoms with van der Waals surface area (Å²) in [7, 11) is 0. The van der Waals surface area contributed by atoms with Crippen molar-refractivity contribution < 1.29 is 13.2 Å². The molecule has 0 amide bonds. The highest BCUT2D eigenvalue weighted by Crippen LogP contribution is 2.33. The Bertz CT molecular complexity index is 335. The number of nitrogens with zero attached hydrogens (tertiary/aromatic N) is 3. The fourth-order valence-corrected chi connectivity index (χ4v) is 1.64. The van der Waals surface area contributed by atoms with Gasteiger partial charge >= 0.3 is 6.18 Å². The molecule has 1 aromatic rings. The first-order valence-electron chi connectivity index (χ1n) is 5.13.